The van der Waals surface area contributed by atoms with Gasteiger partial charge in [-0.3, -0.25) is 0 Å². The first-order valence-electron chi connectivity index (χ1n) is 3.63. The molecular weight excluding hydrogens is 268 g/mol. The fourth-order valence-corrected chi connectivity index (χ4v) is 1.57. The number of halogens is 1. The van der Waals surface area contributed by atoms with Gasteiger partial charge in [0.25, 0.3) is 0 Å². The summed E-state index contributed by atoms with van der Waals surface area (Å²) in [6.07, 6.45) is 3.36. The summed E-state index contributed by atoms with van der Waals surface area (Å²) in [4.78, 5) is 8.18. The van der Waals surface area contributed by atoms with E-state index in [-0.39, 0.29) is 0 Å². The number of rotatable bonds is 2. The third-order valence-electron chi connectivity index (χ3n) is 1.36. The zero-order valence-electron chi connectivity index (χ0n) is 7.12. The Kier molecular flexibility index (Phi) is 2.73. The molecule has 0 saturated heterocycles. The summed E-state index contributed by atoms with van der Waals surface area (Å²) in [5, 5.41) is 12.3. The van der Waals surface area contributed by atoms with Gasteiger partial charge in [0.2, 0.25) is 5.16 Å². The molecule has 2 aromatic rings. The van der Waals surface area contributed by atoms with E-state index < -0.39 is 0 Å². The number of tetrazole rings is 1. The minimum Gasteiger partial charge on any atom is -0.230 e. The number of aryl methyl sites for hydroxylation is 1. The lowest BCUT2D eigenvalue weighted by molar-refractivity contribution is 0.663. The third-order valence-corrected chi connectivity index (χ3v) is 2.69. The Morgan fingerprint density at radius 3 is 2.64 bits per heavy atom. The monoisotopic (exact) mass is 272 g/mol. The Bertz CT molecular complexity index is 426. The molecule has 6 nitrogen and oxygen atoms in total. The van der Waals surface area contributed by atoms with Crippen molar-refractivity contribution in [2.75, 3.05) is 0 Å². The largest absolute Gasteiger partial charge is 0.230 e. The molecule has 0 aliphatic rings. The zero-order valence-corrected chi connectivity index (χ0v) is 9.53. The highest BCUT2D eigenvalue weighted by Gasteiger charge is 2.06. The Balaban J connectivity index is 2.19. The SMILES string of the molecule is Cn1nnnc1Sc1ncc(Br)cn1. The normalized spacial score (nSPS) is 10.4. The predicted octanol–water partition coefficient (Wildman–Crippen LogP) is 0.914. The lowest BCUT2D eigenvalue weighted by Crippen LogP contribution is -1.94. The summed E-state index contributed by atoms with van der Waals surface area (Å²) in [5.41, 5.74) is 0. The molecule has 0 amide bonds. The number of hydrogen-bond acceptors (Lipinski definition) is 6. The van der Waals surface area contributed by atoms with Gasteiger partial charge in [0, 0.05) is 19.4 Å². The van der Waals surface area contributed by atoms with E-state index in [0.29, 0.717) is 10.3 Å². The lowest BCUT2D eigenvalue weighted by atomic mass is 10.7. The van der Waals surface area contributed by atoms with Crippen LogP contribution < -0.4 is 0 Å². The smallest absolute Gasteiger partial charge is 0.216 e. The van der Waals surface area contributed by atoms with Crippen molar-refractivity contribution in [1.29, 1.82) is 0 Å². The summed E-state index contributed by atoms with van der Waals surface area (Å²) in [6.45, 7) is 0. The van der Waals surface area contributed by atoms with Crippen LogP contribution in [0.4, 0.5) is 0 Å². The zero-order chi connectivity index (χ0) is 9.97. The molecule has 0 saturated carbocycles. The maximum Gasteiger partial charge on any atom is 0.216 e. The molecule has 14 heavy (non-hydrogen) atoms. The Morgan fingerprint density at radius 2 is 2.07 bits per heavy atom. The van der Waals surface area contributed by atoms with Gasteiger partial charge in [-0.05, 0) is 38.1 Å². The number of hydrogen-bond donors (Lipinski definition) is 0. The van der Waals surface area contributed by atoms with Gasteiger partial charge in [-0.25, -0.2) is 14.6 Å². The van der Waals surface area contributed by atoms with Crippen molar-refractivity contribution in [2.24, 2.45) is 7.05 Å². The van der Waals surface area contributed by atoms with E-state index in [4.69, 9.17) is 0 Å². The third kappa shape index (κ3) is 2.07. The first kappa shape index (κ1) is 9.53. The number of aromatic nitrogens is 6. The van der Waals surface area contributed by atoms with Gasteiger partial charge in [0.15, 0.2) is 5.16 Å². The van der Waals surface area contributed by atoms with Crippen molar-refractivity contribution in [3.63, 3.8) is 0 Å². The standard InChI is InChI=1S/C6H5BrN6S/c1-13-6(10-11-12-13)14-5-8-2-4(7)3-9-5/h2-3H,1H3. The van der Waals surface area contributed by atoms with Crippen molar-refractivity contribution < 1.29 is 0 Å². The van der Waals surface area contributed by atoms with E-state index in [0.717, 1.165) is 4.47 Å². The Morgan fingerprint density at radius 1 is 1.36 bits per heavy atom. The topological polar surface area (TPSA) is 69.4 Å². The minimum atomic E-state index is 0.617. The molecule has 0 fully saturated rings. The summed E-state index contributed by atoms with van der Waals surface area (Å²) < 4.78 is 2.41. The summed E-state index contributed by atoms with van der Waals surface area (Å²) in [6, 6.07) is 0. The quantitative estimate of drug-likeness (QED) is 0.758. The second kappa shape index (κ2) is 4.01. The first-order chi connectivity index (χ1) is 6.75. The van der Waals surface area contributed by atoms with E-state index in [2.05, 4.69) is 41.4 Å². The van der Waals surface area contributed by atoms with Crippen LogP contribution in [0, 0.1) is 0 Å². The van der Waals surface area contributed by atoms with Crippen LogP contribution in [0.15, 0.2) is 27.2 Å². The van der Waals surface area contributed by atoms with Crippen LogP contribution in [-0.4, -0.2) is 30.2 Å². The van der Waals surface area contributed by atoms with Crippen LogP contribution in [-0.2, 0) is 7.05 Å². The maximum absolute atomic E-state index is 4.09. The molecule has 0 aromatic carbocycles. The second-order valence-electron chi connectivity index (χ2n) is 2.37. The molecule has 8 heteroatoms. The Labute approximate surface area is 92.3 Å². The van der Waals surface area contributed by atoms with Crippen molar-refractivity contribution >= 4 is 27.7 Å². The first-order valence-corrected chi connectivity index (χ1v) is 5.24. The summed E-state index contributed by atoms with van der Waals surface area (Å²) in [7, 11) is 1.77. The van der Waals surface area contributed by atoms with Gasteiger partial charge in [0.05, 0.1) is 4.47 Å². The molecule has 0 unspecified atom stereocenters. The van der Waals surface area contributed by atoms with E-state index >= 15 is 0 Å². The fourth-order valence-electron chi connectivity index (χ4n) is 0.742. The maximum atomic E-state index is 4.09. The highest BCUT2D eigenvalue weighted by atomic mass is 79.9. The summed E-state index contributed by atoms with van der Waals surface area (Å²) in [5.74, 6) is 0. The van der Waals surface area contributed by atoms with Gasteiger partial charge in [-0.2, -0.15) is 0 Å². The van der Waals surface area contributed by atoms with Crippen molar-refractivity contribution in [2.45, 2.75) is 10.3 Å². The van der Waals surface area contributed by atoms with Crippen LogP contribution >= 0.6 is 27.7 Å². The van der Waals surface area contributed by atoms with Crippen molar-refractivity contribution in [3.8, 4) is 0 Å². The van der Waals surface area contributed by atoms with Crippen LogP contribution in [0.2, 0.25) is 0 Å². The molecule has 0 aliphatic carbocycles. The van der Waals surface area contributed by atoms with Gasteiger partial charge >= 0.3 is 0 Å². The van der Waals surface area contributed by atoms with Crippen molar-refractivity contribution in [3.05, 3.63) is 16.9 Å². The van der Waals surface area contributed by atoms with E-state index in [9.17, 15) is 0 Å². The van der Waals surface area contributed by atoms with Gasteiger partial charge < -0.3 is 0 Å². The van der Waals surface area contributed by atoms with Gasteiger partial charge in [-0.1, -0.05) is 0 Å². The molecule has 0 aliphatic heterocycles. The highest BCUT2D eigenvalue weighted by molar-refractivity contribution is 9.10. The molecule has 0 atom stereocenters. The van der Waals surface area contributed by atoms with E-state index in [1.807, 2.05) is 0 Å². The molecule has 0 bridgehead atoms. The molecule has 0 N–H and O–H groups in total. The van der Waals surface area contributed by atoms with Crippen LogP contribution in [0.5, 0.6) is 0 Å². The average Bonchev–Trinajstić information content (AvgIpc) is 2.56. The minimum absolute atomic E-state index is 0.617. The van der Waals surface area contributed by atoms with E-state index in [1.54, 1.807) is 24.1 Å². The van der Waals surface area contributed by atoms with Crippen LogP contribution in [0.1, 0.15) is 0 Å². The average molecular weight is 273 g/mol. The molecule has 72 valence electrons. The fraction of sp³-hybridized carbons (Fsp3) is 0.167. The predicted molar refractivity (Wildman–Crippen MR) is 52.7 cm³/mol. The molecule has 2 heterocycles. The second-order valence-corrected chi connectivity index (χ2v) is 4.22. The Hall–Kier alpha value is -1.02. The molecule has 2 rings (SSSR count). The highest BCUT2D eigenvalue weighted by Crippen LogP contribution is 2.20. The summed E-state index contributed by atoms with van der Waals surface area (Å²) >= 11 is 4.57. The number of nitrogens with zero attached hydrogens (tertiary/aromatic N) is 6. The molecule has 2 aromatic heterocycles. The van der Waals surface area contributed by atoms with Crippen molar-refractivity contribution in [1.82, 2.24) is 30.2 Å². The van der Waals surface area contributed by atoms with Gasteiger partial charge in [-0.15, -0.1) is 5.10 Å². The van der Waals surface area contributed by atoms with E-state index in [1.165, 1.54) is 11.8 Å². The van der Waals surface area contributed by atoms with Gasteiger partial charge in [0.1, 0.15) is 0 Å². The van der Waals surface area contributed by atoms with Crippen LogP contribution in [0.3, 0.4) is 0 Å². The lowest BCUT2D eigenvalue weighted by Gasteiger charge is -1.96. The molecule has 0 spiro atoms. The van der Waals surface area contributed by atoms with Crippen LogP contribution in [0.25, 0.3) is 0 Å². The molecular formula is C6H5BrN6S. The molecule has 0 radical (unpaired) electrons.